The van der Waals surface area contributed by atoms with Crippen LogP contribution < -0.4 is 10.9 Å². The zero-order valence-electron chi connectivity index (χ0n) is 9.62. The van der Waals surface area contributed by atoms with E-state index in [0.717, 1.165) is 0 Å². The van der Waals surface area contributed by atoms with E-state index in [0.29, 0.717) is 17.1 Å². The second-order valence-electron chi connectivity index (χ2n) is 3.83. The predicted octanol–water partition coefficient (Wildman–Crippen LogP) is 1.67. The number of nitrogens with two attached hydrogens (primary N) is 1. The van der Waals surface area contributed by atoms with Gasteiger partial charge in [-0.3, -0.25) is 5.01 Å². The van der Waals surface area contributed by atoms with Crippen LogP contribution >= 0.6 is 0 Å². The molecule has 2 rings (SSSR count). The van der Waals surface area contributed by atoms with Gasteiger partial charge in [-0.1, -0.05) is 0 Å². The molecule has 20 heavy (non-hydrogen) atoms. The maximum atomic E-state index is 13.7. The molecular weight excluding hydrogens is 285 g/mol. The summed E-state index contributed by atoms with van der Waals surface area (Å²) in [5.41, 5.74) is -1.11. The van der Waals surface area contributed by atoms with Gasteiger partial charge in [0.2, 0.25) is 5.84 Å². The van der Waals surface area contributed by atoms with Crippen LogP contribution in [0, 0.1) is 23.0 Å². The van der Waals surface area contributed by atoms with E-state index in [2.05, 4.69) is 5.10 Å². The monoisotopic (exact) mass is 291 g/mol. The highest BCUT2D eigenvalue weighted by molar-refractivity contribution is 5.89. The number of hydrogen-bond donors (Lipinski definition) is 1. The minimum absolute atomic E-state index is 0.259. The van der Waals surface area contributed by atoms with Crippen LogP contribution in [0.2, 0.25) is 0 Å². The summed E-state index contributed by atoms with van der Waals surface area (Å²) in [5.74, 6) is 1.53. The van der Waals surface area contributed by atoms with Gasteiger partial charge in [-0.15, -0.1) is 5.10 Å². The number of hydrogen-bond acceptors (Lipinski definition) is 5. The Labute approximate surface area is 109 Å². The summed E-state index contributed by atoms with van der Waals surface area (Å²) < 4.78 is 64.6. The van der Waals surface area contributed by atoms with Crippen molar-refractivity contribution in [3.8, 4) is 6.07 Å². The molecule has 1 aromatic carbocycles. The Bertz CT molecular complexity index is 618. The summed E-state index contributed by atoms with van der Waals surface area (Å²) in [7, 11) is 0. The lowest BCUT2D eigenvalue weighted by Crippen LogP contribution is -2.43. The van der Waals surface area contributed by atoms with Gasteiger partial charge >= 0.3 is 6.18 Å². The molecule has 0 unspecified atom stereocenters. The van der Waals surface area contributed by atoms with Crippen LogP contribution in [-0.4, -0.2) is 23.7 Å². The number of alkyl halides is 3. The van der Waals surface area contributed by atoms with Crippen molar-refractivity contribution in [1.29, 1.82) is 5.26 Å². The van der Waals surface area contributed by atoms with Crippen molar-refractivity contribution in [3.63, 3.8) is 0 Å². The molecule has 2 N–H and O–H groups in total. The fraction of sp³-hybridized carbons (Fsp3) is 0.200. The fourth-order valence-corrected chi connectivity index (χ4v) is 1.58. The van der Waals surface area contributed by atoms with E-state index in [1.54, 1.807) is 0 Å². The number of benzene rings is 1. The third-order valence-corrected chi connectivity index (χ3v) is 2.46. The summed E-state index contributed by atoms with van der Waals surface area (Å²) in [6.45, 7) is -0.600. The molecular formula is C10H6F5N5. The largest absolute Gasteiger partial charge is 0.452 e. The molecule has 1 aromatic rings. The first kappa shape index (κ1) is 14.0. The third kappa shape index (κ3) is 2.35. The zero-order valence-corrected chi connectivity index (χ0v) is 9.62. The Morgan fingerprint density at radius 2 is 1.90 bits per heavy atom. The van der Waals surface area contributed by atoms with E-state index in [1.165, 1.54) is 6.07 Å². The average molecular weight is 291 g/mol. The molecule has 0 aliphatic carbocycles. The second kappa shape index (κ2) is 4.61. The molecule has 1 heterocycles. The molecule has 0 radical (unpaired) electrons. The highest BCUT2D eigenvalue weighted by Gasteiger charge is 2.44. The molecule has 1 aliphatic rings. The Morgan fingerprint density at radius 3 is 2.40 bits per heavy atom. The van der Waals surface area contributed by atoms with E-state index >= 15 is 0 Å². The molecule has 0 aromatic heterocycles. The molecule has 10 heteroatoms. The number of anilines is 1. The normalized spacial score (nSPS) is 15.3. The van der Waals surface area contributed by atoms with Gasteiger partial charge in [0.05, 0.1) is 5.56 Å². The molecule has 0 saturated heterocycles. The second-order valence-corrected chi connectivity index (χ2v) is 3.83. The van der Waals surface area contributed by atoms with E-state index in [4.69, 9.17) is 11.1 Å². The summed E-state index contributed by atoms with van der Waals surface area (Å²) >= 11 is 0. The maximum absolute atomic E-state index is 13.7. The first-order chi connectivity index (χ1) is 9.24. The van der Waals surface area contributed by atoms with Crippen LogP contribution in [-0.2, 0) is 0 Å². The highest BCUT2D eigenvalue weighted by Crippen LogP contribution is 2.29. The lowest BCUT2D eigenvalue weighted by atomic mass is 10.2. The van der Waals surface area contributed by atoms with Gasteiger partial charge in [0.25, 0.3) is 0 Å². The third-order valence-electron chi connectivity index (χ3n) is 2.46. The van der Waals surface area contributed by atoms with Gasteiger partial charge in [0, 0.05) is 6.07 Å². The van der Waals surface area contributed by atoms with E-state index in [-0.39, 0.29) is 5.01 Å². The van der Waals surface area contributed by atoms with Crippen molar-refractivity contribution in [2.45, 2.75) is 6.18 Å². The van der Waals surface area contributed by atoms with Gasteiger partial charge < -0.3 is 0 Å². The van der Waals surface area contributed by atoms with Crippen LogP contribution in [0.4, 0.5) is 27.6 Å². The Hall–Kier alpha value is -2.41. The van der Waals surface area contributed by atoms with Crippen LogP contribution in [0.1, 0.15) is 5.56 Å². The number of amidine groups is 1. The lowest BCUT2D eigenvalue weighted by molar-refractivity contribution is -0.0673. The molecule has 0 saturated carbocycles. The quantitative estimate of drug-likeness (QED) is 0.631. The topological polar surface area (TPSA) is 68.7 Å². The minimum atomic E-state index is -4.81. The Morgan fingerprint density at radius 1 is 1.25 bits per heavy atom. The summed E-state index contributed by atoms with van der Waals surface area (Å²) in [6.07, 6.45) is -4.81. The number of rotatable bonds is 1. The molecule has 0 amide bonds. The molecule has 0 fully saturated rings. The van der Waals surface area contributed by atoms with Crippen molar-refractivity contribution < 1.29 is 22.0 Å². The SMILES string of the molecule is N#Cc1cc(F)c(N2CN(N)C(C(F)(F)F)=N2)cc1F. The number of nitriles is 1. The van der Waals surface area contributed by atoms with Crippen molar-refractivity contribution in [1.82, 2.24) is 5.01 Å². The first-order valence-electron chi connectivity index (χ1n) is 5.08. The van der Waals surface area contributed by atoms with Gasteiger partial charge in [0.1, 0.15) is 30.1 Å². The Kier molecular flexibility index (Phi) is 3.23. The smallest absolute Gasteiger partial charge is 0.267 e. The zero-order chi connectivity index (χ0) is 15.1. The average Bonchev–Trinajstić information content (AvgIpc) is 2.73. The van der Waals surface area contributed by atoms with Crippen LogP contribution in [0.25, 0.3) is 0 Å². The summed E-state index contributed by atoms with van der Waals surface area (Å²) in [4.78, 5) is 0. The number of hydrazine groups is 1. The standard InChI is InChI=1S/C10H6F5N5/c11-6-2-8(7(12)1-5(6)3-16)20-4-19(17)9(18-20)10(13,14)15/h1-2H,4,17H2. The first-order valence-corrected chi connectivity index (χ1v) is 5.08. The van der Waals surface area contributed by atoms with Crippen molar-refractivity contribution in [2.75, 3.05) is 11.7 Å². The number of halogens is 5. The summed E-state index contributed by atoms with van der Waals surface area (Å²) in [5, 5.41) is 12.4. The minimum Gasteiger partial charge on any atom is -0.267 e. The fourth-order valence-electron chi connectivity index (χ4n) is 1.58. The van der Waals surface area contributed by atoms with Crippen LogP contribution in [0.5, 0.6) is 0 Å². The van der Waals surface area contributed by atoms with Crippen molar-refractivity contribution in [3.05, 3.63) is 29.3 Å². The molecule has 106 valence electrons. The van der Waals surface area contributed by atoms with Crippen molar-refractivity contribution >= 4 is 11.5 Å². The van der Waals surface area contributed by atoms with E-state index < -0.39 is 41.6 Å². The Balaban J connectivity index is 2.43. The summed E-state index contributed by atoms with van der Waals surface area (Å²) in [6, 6.07) is 2.58. The van der Waals surface area contributed by atoms with Gasteiger partial charge in [-0.2, -0.15) is 18.4 Å². The molecule has 0 atom stereocenters. The van der Waals surface area contributed by atoms with E-state index in [9.17, 15) is 22.0 Å². The van der Waals surface area contributed by atoms with Crippen LogP contribution in [0.3, 0.4) is 0 Å². The highest BCUT2D eigenvalue weighted by atomic mass is 19.4. The van der Waals surface area contributed by atoms with Gasteiger partial charge in [-0.25, -0.2) is 19.6 Å². The molecule has 0 spiro atoms. The van der Waals surface area contributed by atoms with Gasteiger partial charge in [0.15, 0.2) is 0 Å². The molecule has 1 aliphatic heterocycles. The van der Waals surface area contributed by atoms with Crippen LogP contribution in [0.15, 0.2) is 17.2 Å². The van der Waals surface area contributed by atoms with Gasteiger partial charge in [-0.05, 0) is 6.07 Å². The molecule has 5 nitrogen and oxygen atoms in total. The maximum Gasteiger partial charge on any atom is 0.452 e. The molecule has 0 bridgehead atoms. The number of hydrazone groups is 1. The predicted molar refractivity (Wildman–Crippen MR) is 57.9 cm³/mol. The number of nitrogens with zero attached hydrogens (tertiary/aromatic N) is 4. The van der Waals surface area contributed by atoms with E-state index in [1.807, 2.05) is 0 Å². The van der Waals surface area contributed by atoms with Crippen molar-refractivity contribution in [2.24, 2.45) is 10.9 Å². The lowest BCUT2D eigenvalue weighted by Gasteiger charge is -2.17.